The van der Waals surface area contributed by atoms with Gasteiger partial charge < -0.3 is 10.5 Å². The molecule has 3 unspecified atom stereocenters. The first kappa shape index (κ1) is 16.2. The highest BCUT2D eigenvalue weighted by molar-refractivity contribution is 7.85. The SMILES string of the molecule is CCCOc1ccc(C(N)CS(=O)C(C)CC)cc1. The second kappa shape index (κ2) is 8.33. The predicted octanol–water partition coefficient (Wildman–Crippen LogP) is 3.02. The van der Waals surface area contributed by atoms with Crippen molar-refractivity contribution in [3.63, 3.8) is 0 Å². The van der Waals surface area contributed by atoms with Crippen molar-refractivity contribution in [1.82, 2.24) is 0 Å². The van der Waals surface area contributed by atoms with E-state index in [-0.39, 0.29) is 11.3 Å². The minimum Gasteiger partial charge on any atom is -0.494 e. The molecule has 0 aliphatic carbocycles. The van der Waals surface area contributed by atoms with Gasteiger partial charge in [-0.05, 0) is 30.5 Å². The summed E-state index contributed by atoms with van der Waals surface area (Å²) in [6, 6.07) is 7.61. The Morgan fingerprint density at radius 1 is 1.26 bits per heavy atom. The molecule has 0 spiro atoms. The molecule has 0 amide bonds. The third-order valence-electron chi connectivity index (χ3n) is 3.15. The quantitative estimate of drug-likeness (QED) is 0.798. The molecule has 108 valence electrons. The number of benzene rings is 1. The summed E-state index contributed by atoms with van der Waals surface area (Å²) < 4.78 is 17.5. The topological polar surface area (TPSA) is 52.3 Å². The van der Waals surface area contributed by atoms with Crippen molar-refractivity contribution in [2.75, 3.05) is 12.4 Å². The zero-order valence-corrected chi connectivity index (χ0v) is 12.9. The maximum atomic E-state index is 12.0. The van der Waals surface area contributed by atoms with Gasteiger partial charge in [0.25, 0.3) is 0 Å². The van der Waals surface area contributed by atoms with Crippen molar-refractivity contribution in [3.8, 4) is 5.75 Å². The fraction of sp³-hybridized carbons (Fsp3) is 0.600. The summed E-state index contributed by atoms with van der Waals surface area (Å²) in [4.78, 5) is 0. The lowest BCUT2D eigenvalue weighted by atomic mass is 10.1. The standard InChI is InChI=1S/C15H25NO2S/c1-4-10-18-14-8-6-13(7-9-14)15(16)11-19(17)12(3)5-2/h6-9,12,15H,4-5,10-11,16H2,1-3H3. The second-order valence-corrected chi connectivity index (χ2v) is 6.69. The minimum absolute atomic E-state index is 0.171. The number of hydrogen-bond donors (Lipinski definition) is 1. The molecule has 0 aromatic heterocycles. The third kappa shape index (κ3) is 5.33. The minimum atomic E-state index is -0.862. The Morgan fingerprint density at radius 3 is 2.42 bits per heavy atom. The molecule has 19 heavy (non-hydrogen) atoms. The predicted molar refractivity (Wildman–Crippen MR) is 81.9 cm³/mol. The molecule has 1 aromatic rings. The Balaban J connectivity index is 2.57. The fourth-order valence-corrected chi connectivity index (χ4v) is 2.90. The lowest BCUT2D eigenvalue weighted by molar-refractivity contribution is 0.317. The Labute approximate surface area is 119 Å². The summed E-state index contributed by atoms with van der Waals surface area (Å²) in [5.41, 5.74) is 7.12. The van der Waals surface area contributed by atoms with Crippen LogP contribution in [0.1, 0.15) is 45.2 Å². The highest BCUT2D eigenvalue weighted by Crippen LogP contribution is 2.18. The highest BCUT2D eigenvalue weighted by Gasteiger charge is 2.14. The first-order valence-electron chi connectivity index (χ1n) is 6.94. The lowest BCUT2D eigenvalue weighted by Gasteiger charge is -2.15. The van der Waals surface area contributed by atoms with Crippen molar-refractivity contribution < 1.29 is 8.95 Å². The first-order chi connectivity index (χ1) is 9.08. The maximum absolute atomic E-state index is 12.0. The molecule has 0 radical (unpaired) electrons. The monoisotopic (exact) mass is 283 g/mol. The van der Waals surface area contributed by atoms with Gasteiger partial charge in [0.1, 0.15) is 5.75 Å². The van der Waals surface area contributed by atoms with E-state index >= 15 is 0 Å². The molecular weight excluding hydrogens is 258 g/mol. The van der Waals surface area contributed by atoms with Gasteiger partial charge in [0.2, 0.25) is 0 Å². The van der Waals surface area contributed by atoms with E-state index in [4.69, 9.17) is 10.5 Å². The molecule has 0 aliphatic rings. The number of ether oxygens (including phenoxy) is 1. The van der Waals surface area contributed by atoms with Crippen LogP contribution < -0.4 is 10.5 Å². The average molecular weight is 283 g/mol. The van der Waals surface area contributed by atoms with Crippen molar-refractivity contribution >= 4 is 10.8 Å². The number of nitrogens with two attached hydrogens (primary N) is 1. The van der Waals surface area contributed by atoms with Gasteiger partial charge in [0, 0.05) is 27.8 Å². The smallest absolute Gasteiger partial charge is 0.119 e. The Hall–Kier alpha value is -0.870. The second-order valence-electron chi connectivity index (χ2n) is 4.79. The van der Waals surface area contributed by atoms with Crippen molar-refractivity contribution in [2.24, 2.45) is 5.73 Å². The zero-order chi connectivity index (χ0) is 14.3. The van der Waals surface area contributed by atoms with E-state index in [2.05, 4.69) is 6.92 Å². The average Bonchev–Trinajstić information content (AvgIpc) is 2.44. The highest BCUT2D eigenvalue weighted by atomic mass is 32.2. The summed E-state index contributed by atoms with van der Waals surface area (Å²) in [5, 5.41) is 0.207. The van der Waals surface area contributed by atoms with E-state index < -0.39 is 10.8 Å². The molecule has 0 heterocycles. The van der Waals surface area contributed by atoms with Crippen LogP contribution in [0.5, 0.6) is 5.75 Å². The van der Waals surface area contributed by atoms with Crippen LogP contribution >= 0.6 is 0 Å². The van der Waals surface area contributed by atoms with Crippen LogP contribution in [0.15, 0.2) is 24.3 Å². The molecule has 0 saturated heterocycles. The van der Waals surface area contributed by atoms with Gasteiger partial charge in [-0.15, -0.1) is 0 Å². The van der Waals surface area contributed by atoms with Gasteiger partial charge in [-0.3, -0.25) is 4.21 Å². The van der Waals surface area contributed by atoms with E-state index in [1.165, 1.54) is 0 Å². The van der Waals surface area contributed by atoms with Crippen molar-refractivity contribution in [2.45, 2.75) is 44.9 Å². The van der Waals surface area contributed by atoms with Gasteiger partial charge in [0.05, 0.1) is 6.61 Å². The first-order valence-corrected chi connectivity index (χ1v) is 8.32. The summed E-state index contributed by atoms with van der Waals surface area (Å²) in [5.74, 6) is 1.38. The van der Waals surface area contributed by atoms with Crippen LogP contribution in [0, 0.1) is 0 Å². The third-order valence-corrected chi connectivity index (χ3v) is 5.07. The molecular formula is C15H25NO2S. The lowest BCUT2D eigenvalue weighted by Crippen LogP contribution is -2.23. The molecule has 4 heteroatoms. The van der Waals surface area contributed by atoms with Crippen LogP contribution in [0.4, 0.5) is 0 Å². The largest absolute Gasteiger partial charge is 0.494 e. The summed E-state index contributed by atoms with van der Waals surface area (Å²) in [7, 11) is -0.862. The van der Waals surface area contributed by atoms with E-state index in [0.717, 1.165) is 30.8 Å². The zero-order valence-electron chi connectivity index (χ0n) is 12.1. The van der Waals surface area contributed by atoms with E-state index in [0.29, 0.717) is 5.75 Å². The van der Waals surface area contributed by atoms with E-state index in [9.17, 15) is 4.21 Å². The maximum Gasteiger partial charge on any atom is 0.119 e. The van der Waals surface area contributed by atoms with Crippen molar-refractivity contribution in [1.29, 1.82) is 0 Å². The summed E-state index contributed by atoms with van der Waals surface area (Å²) in [6.45, 7) is 6.86. The Kier molecular flexibility index (Phi) is 7.10. The molecule has 1 rings (SSSR count). The molecule has 0 bridgehead atoms. The van der Waals surface area contributed by atoms with Crippen LogP contribution in [0.25, 0.3) is 0 Å². The molecule has 3 nitrogen and oxygen atoms in total. The molecule has 0 saturated carbocycles. The summed E-state index contributed by atoms with van der Waals surface area (Å²) >= 11 is 0. The molecule has 2 N–H and O–H groups in total. The fourth-order valence-electron chi connectivity index (χ4n) is 1.65. The van der Waals surface area contributed by atoms with E-state index in [1.54, 1.807) is 0 Å². The Morgan fingerprint density at radius 2 is 1.89 bits per heavy atom. The van der Waals surface area contributed by atoms with Crippen LogP contribution in [0.2, 0.25) is 0 Å². The van der Waals surface area contributed by atoms with Gasteiger partial charge in [-0.25, -0.2) is 0 Å². The molecule has 3 atom stereocenters. The number of hydrogen-bond acceptors (Lipinski definition) is 3. The van der Waals surface area contributed by atoms with Crippen molar-refractivity contribution in [3.05, 3.63) is 29.8 Å². The molecule has 1 aromatic carbocycles. The molecule has 0 fully saturated rings. The van der Waals surface area contributed by atoms with Crippen LogP contribution in [-0.2, 0) is 10.8 Å². The number of rotatable bonds is 8. The van der Waals surface area contributed by atoms with Gasteiger partial charge in [0.15, 0.2) is 0 Å². The molecule has 0 aliphatic heterocycles. The van der Waals surface area contributed by atoms with Gasteiger partial charge in [-0.1, -0.05) is 32.9 Å². The normalized spacial score (nSPS) is 15.8. The van der Waals surface area contributed by atoms with Gasteiger partial charge in [-0.2, -0.15) is 0 Å². The van der Waals surface area contributed by atoms with E-state index in [1.807, 2.05) is 38.1 Å². The van der Waals surface area contributed by atoms with Gasteiger partial charge >= 0.3 is 0 Å². The van der Waals surface area contributed by atoms with Crippen LogP contribution in [0.3, 0.4) is 0 Å². The summed E-state index contributed by atoms with van der Waals surface area (Å²) in [6.07, 6.45) is 1.91. The Bertz CT molecular complexity index is 392. The van der Waals surface area contributed by atoms with Crippen LogP contribution in [-0.4, -0.2) is 21.8 Å².